The van der Waals surface area contributed by atoms with E-state index in [-0.39, 0.29) is 5.82 Å². The van der Waals surface area contributed by atoms with Gasteiger partial charge in [0.15, 0.2) is 0 Å². The van der Waals surface area contributed by atoms with Crippen molar-refractivity contribution >= 4 is 5.69 Å². The molecule has 2 aromatic rings. The van der Waals surface area contributed by atoms with Crippen molar-refractivity contribution in [3.8, 4) is 5.75 Å². The lowest BCUT2D eigenvalue weighted by molar-refractivity contribution is 0.475. The largest absolute Gasteiger partial charge is 0.508 e. The zero-order chi connectivity index (χ0) is 14.5. The number of rotatable bonds is 5. The third kappa shape index (κ3) is 3.98. The second-order valence-electron chi connectivity index (χ2n) is 5.21. The fraction of sp³-hybridized carbons (Fsp3) is 0.294. The van der Waals surface area contributed by atoms with E-state index in [2.05, 4.69) is 12.2 Å². The highest BCUT2D eigenvalue weighted by Crippen LogP contribution is 2.17. The lowest BCUT2D eigenvalue weighted by Crippen LogP contribution is -2.16. The Kier molecular flexibility index (Phi) is 4.61. The van der Waals surface area contributed by atoms with E-state index in [1.165, 1.54) is 11.6 Å². The molecule has 0 heterocycles. The van der Waals surface area contributed by atoms with E-state index in [9.17, 15) is 9.50 Å². The van der Waals surface area contributed by atoms with Gasteiger partial charge >= 0.3 is 0 Å². The number of hydrogen-bond acceptors (Lipinski definition) is 2. The predicted octanol–water partition coefficient (Wildman–Crippen LogP) is 4.27. The molecular weight excluding hydrogens is 253 g/mol. The lowest BCUT2D eigenvalue weighted by atomic mass is 10.1. The Labute approximate surface area is 119 Å². The van der Waals surface area contributed by atoms with E-state index < -0.39 is 0 Å². The van der Waals surface area contributed by atoms with E-state index in [0.717, 1.165) is 18.5 Å². The van der Waals surface area contributed by atoms with Crippen LogP contribution in [0.4, 0.5) is 10.1 Å². The third-order valence-electron chi connectivity index (χ3n) is 3.37. The van der Waals surface area contributed by atoms with Crippen molar-refractivity contribution < 1.29 is 9.50 Å². The van der Waals surface area contributed by atoms with Crippen LogP contribution in [0.15, 0.2) is 42.5 Å². The zero-order valence-corrected chi connectivity index (χ0v) is 11.9. The molecule has 2 nitrogen and oxygen atoms in total. The maximum Gasteiger partial charge on any atom is 0.126 e. The van der Waals surface area contributed by atoms with Crippen LogP contribution >= 0.6 is 0 Å². The van der Waals surface area contributed by atoms with E-state index in [4.69, 9.17) is 0 Å². The summed E-state index contributed by atoms with van der Waals surface area (Å²) in [5.41, 5.74) is 2.80. The van der Waals surface area contributed by atoms with Gasteiger partial charge in [-0.25, -0.2) is 4.39 Å². The van der Waals surface area contributed by atoms with Gasteiger partial charge < -0.3 is 10.4 Å². The third-order valence-corrected chi connectivity index (χ3v) is 3.37. The van der Waals surface area contributed by atoms with Crippen molar-refractivity contribution in [2.75, 3.05) is 5.32 Å². The molecule has 0 aliphatic rings. The SMILES string of the molecule is Cc1cc(NC(C)CCc2ccc(O)cc2)ccc1F. The zero-order valence-electron chi connectivity index (χ0n) is 11.9. The first-order chi connectivity index (χ1) is 9.54. The molecular formula is C17H20FNO. The summed E-state index contributed by atoms with van der Waals surface area (Å²) in [7, 11) is 0. The normalized spacial score (nSPS) is 12.2. The van der Waals surface area contributed by atoms with E-state index in [0.29, 0.717) is 17.4 Å². The van der Waals surface area contributed by atoms with Crippen molar-refractivity contribution in [1.82, 2.24) is 0 Å². The number of aryl methyl sites for hydroxylation is 2. The van der Waals surface area contributed by atoms with E-state index in [1.807, 2.05) is 18.2 Å². The average molecular weight is 273 g/mol. The highest BCUT2D eigenvalue weighted by Gasteiger charge is 2.05. The standard InChI is InChI=1S/C17H20FNO/c1-12-11-15(7-10-17(12)18)19-13(2)3-4-14-5-8-16(20)9-6-14/h5-11,13,19-20H,3-4H2,1-2H3. The van der Waals surface area contributed by atoms with Gasteiger partial charge in [0.25, 0.3) is 0 Å². The molecule has 0 bridgehead atoms. The lowest BCUT2D eigenvalue weighted by Gasteiger charge is -2.16. The summed E-state index contributed by atoms with van der Waals surface area (Å²) < 4.78 is 13.2. The molecule has 0 aromatic heterocycles. The Morgan fingerprint density at radius 2 is 1.85 bits per heavy atom. The van der Waals surface area contributed by atoms with Crippen molar-refractivity contribution in [2.24, 2.45) is 0 Å². The van der Waals surface area contributed by atoms with Crippen LogP contribution in [0.3, 0.4) is 0 Å². The van der Waals surface area contributed by atoms with Crippen molar-refractivity contribution in [3.63, 3.8) is 0 Å². The molecule has 2 rings (SSSR count). The molecule has 20 heavy (non-hydrogen) atoms. The highest BCUT2D eigenvalue weighted by molar-refractivity contribution is 5.46. The van der Waals surface area contributed by atoms with Crippen LogP contribution in [0.2, 0.25) is 0 Å². The predicted molar refractivity (Wildman–Crippen MR) is 80.6 cm³/mol. The van der Waals surface area contributed by atoms with E-state index in [1.54, 1.807) is 25.1 Å². The molecule has 0 fully saturated rings. The second kappa shape index (κ2) is 6.42. The van der Waals surface area contributed by atoms with Gasteiger partial charge in [-0.1, -0.05) is 12.1 Å². The minimum Gasteiger partial charge on any atom is -0.508 e. The van der Waals surface area contributed by atoms with Crippen molar-refractivity contribution in [2.45, 2.75) is 32.7 Å². The van der Waals surface area contributed by atoms with Crippen LogP contribution in [0.1, 0.15) is 24.5 Å². The number of benzene rings is 2. The molecule has 0 amide bonds. The first-order valence-corrected chi connectivity index (χ1v) is 6.85. The minimum absolute atomic E-state index is 0.174. The summed E-state index contributed by atoms with van der Waals surface area (Å²) in [6.07, 6.45) is 1.91. The van der Waals surface area contributed by atoms with Gasteiger partial charge in [0.2, 0.25) is 0 Å². The van der Waals surface area contributed by atoms with Gasteiger partial charge in [-0.05, 0) is 68.1 Å². The molecule has 3 heteroatoms. The van der Waals surface area contributed by atoms with Crippen LogP contribution in [0.5, 0.6) is 5.75 Å². The molecule has 0 saturated carbocycles. The second-order valence-corrected chi connectivity index (χ2v) is 5.21. The maximum absolute atomic E-state index is 13.2. The Morgan fingerprint density at radius 1 is 1.15 bits per heavy atom. The molecule has 0 aliphatic carbocycles. The van der Waals surface area contributed by atoms with Crippen LogP contribution in [-0.2, 0) is 6.42 Å². The van der Waals surface area contributed by atoms with Gasteiger partial charge in [0.05, 0.1) is 0 Å². The molecule has 0 spiro atoms. The maximum atomic E-state index is 13.2. The van der Waals surface area contributed by atoms with Gasteiger partial charge in [-0.2, -0.15) is 0 Å². The number of hydrogen-bond donors (Lipinski definition) is 2. The number of halogens is 1. The number of phenolic OH excluding ortho intramolecular Hbond substituents is 1. The fourth-order valence-electron chi connectivity index (χ4n) is 2.14. The van der Waals surface area contributed by atoms with Gasteiger partial charge in [0, 0.05) is 11.7 Å². The van der Waals surface area contributed by atoms with Crippen molar-refractivity contribution in [1.29, 1.82) is 0 Å². The fourth-order valence-corrected chi connectivity index (χ4v) is 2.14. The first kappa shape index (κ1) is 14.4. The Bertz CT molecular complexity index is 566. The van der Waals surface area contributed by atoms with Crippen LogP contribution in [0, 0.1) is 12.7 Å². The number of aromatic hydroxyl groups is 1. The van der Waals surface area contributed by atoms with E-state index >= 15 is 0 Å². The molecule has 1 unspecified atom stereocenters. The Balaban J connectivity index is 1.87. The average Bonchev–Trinajstić information content (AvgIpc) is 2.42. The summed E-state index contributed by atoms with van der Waals surface area (Å²) in [5.74, 6) is 0.119. The van der Waals surface area contributed by atoms with Crippen LogP contribution < -0.4 is 5.32 Å². The van der Waals surface area contributed by atoms with Gasteiger partial charge in [-0.3, -0.25) is 0 Å². The van der Waals surface area contributed by atoms with Gasteiger partial charge in [-0.15, -0.1) is 0 Å². The molecule has 0 saturated heterocycles. The molecule has 1 atom stereocenters. The smallest absolute Gasteiger partial charge is 0.126 e. The van der Waals surface area contributed by atoms with Gasteiger partial charge in [0.1, 0.15) is 11.6 Å². The monoisotopic (exact) mass is 273 g/mol. The Hall–Kier alpha value is -2.03. The van der Waals surface area contributed by atoms with Crippen LogP contribution in [0.25, 0.3) is 0 Å². The summed E-state index contributed by atoms with van der Waals surface area (Å²) in [5, 5.41) is 12.6. The molecule has 0 aliphatic heterocycles. The summed E-state index contributed by atoms with van der Waals surface area (Å²) in [6, 6.07) is 12.7. The number of phenols is 1. The topological polar surface area (TPSA) is 32.3 Å². The highest BCUT2D eigenvalue weighted by atomic mass is 19.1. The summed E-state index contributed by atoms with van der Waals surface area (Å²) >= 11 is 0. The molecule has 2 N–H and O–H groups in total. The quantitative estimate of drug-likeness (QED) is 0.852. The summed E-state index contributed by atoms with van der Waals surface area (Å²) in [4.78, 5) is 0. The van der Waals surface area contributed by atoms with Crippen LogP contribution in [-0.4, -0.2) is 11.1 Å². The minimum atomic E-state index is -0.174. The summed E-state index contributed by atoms with van der Waals surface area (Å²) in [6.45, 7) is 3.88. The molecule has 2 aromatic carbocycles. The number of anilines is 1. The molecule has 106 valence electrons. The first-order valence-electron chi connectivity index (χ1n) is 6.85. The molecule has 0 radical (unpaired) electrons. The van der Waals surface area contributed by atoms with Crippen molar-refractivity contribution in [3.05, 3.63) is 59.4 Å². The number of nitrogens with one attached hydrogen (secondary N) is 1. The Morgan fingerprint density at radius 3 is 2.50 bits per heavy atom.